The van der Waals surface area contributed by atoms with E-state index in [1.807, 2.05) is 0 Å². The minimum atomic E-state index is -0.538. The Balaban J connectivity index is 3.25. The highest BCUT2D eigenvalue weighted by Gasteiger charge is 2.00. The monoisotopic (exact) mass is 144 g/mol. The van der Waals surface area contributed by atoms with E-state index >= 15 is 0 Å². The van der Waals surface area contributed by atoms with Crippen molar-refractivity contribution in [2.24, 2.45) is 0 Å². The molecule has 1 aromatic carbocycles. The molecule has 47 valence electrons. The van der Waals surface area contributed by atoms with Crippen LogP contribution in [0, 0.1) is 5.82 Å². The number of hydrogen-bond donors (Lipinski definition) is 0. The molecule has 0 bridgehead atoms. The van der Waals surface area contributed by atoms with Crippen LogP contribution < -0.4 is 5.73 Å². The summed E-state index contributed by atoms with van der Waals surface area (Å²) >= 11 is 5.32. The van der Waals surface area contributed by atoms with Gasteiger partial charge < -0.3 is 0 Å². The number of rotatable bonds is 0. The van der Waals surface area contributed by atoms with Crippen LogP contribution in [0.5, 0.6) is 0 Å². The van der Waals surface area contributed by atoms with Gasteiger partial charge in [0.05, 0.1) is 5.69 Å². The van der Waals surface area contributed by atoms with Crippen LogP contribution in [0.4, 0.5) is 10.1 Å². The molecule has 1 aromatic rings. The van der Waals surface area contributed by atoms with Crippen molar-refractivity contribution in [3.8, 4) is 0 Å². The zero-order valence-corrected chi connectivity index (χ0v) is 5.24. The summed E-state index contributed by atoms with van der Waals surface area (Å²) in [4.78, 5) is 0. The number of halogens is 2. The standard InChI is InChI=1S/C6H4ClFN/c7-6-4(8)2-1-3-5(6)9/h1-3,9H. The molecule has 0 aromatic heterocycles. The first-order valence-corrected chi connectivity index (χ1v) is 2.75. The summed E-state index contributed by atoms with van der Waals surface area (Å²) in [6.45, 7) is 0. The van der Waals surface area contributed by atoms with Crippen molar-refractivity contribution in [3.63, 3.8) is 0 Å². The Labute approximate surface area is 57.2 Å². The molecule has 0 saturated carbocycles. The van der Waals surface area contributed by atoms with E-state index < -0.39 is 5.82 Å². The van der Waals surface area contributed by atoms with Crippen molar-refractivity contribution < 1.29 is 4.39 Å². The Morgan fingerprint density at radius 3 is 2.56 bits per heavy atom. The van der Waals surface area contributed by atoms with E-state index in [0.717, 1.165) is 0 Å². The normalized spacial score (nSPS) is 9.56. The van der Waals surface area contributed by atoms with Gasteiger partial charge in [0.2, 0.25) is 0 Å². The zero-order valence-electron chi connectivity index (χ0n) is 4.49. The van der Waals surface area contributed by atoms with Crippen LogP contribution in [0.3, 0.4) is 0 Å². The minimum absolute atomic E-state index is 0.0247. The molecule has 1 N–H and O–H groups in total. The maximum atomic E-state index is 12.3. The Kier molecular flexibility index (Phi) is 1.58. The number of hydrogen-bond acceptors (Lipinski definition) is 0. The fourth-order valence-corrected chi connectivity index (χ4v) is 0.630. The average Bonchev–Trinajstić information content (AvgIpc) is 1.83. The molecule has 1 rings (SSSR count). The molecule has 0 heterocycles. The van der Waals surface area contributed by atoms with E-state index in [4.69, 9.17) is 17.3 Å². The zero-order chi connectivity index (χ0) is 6.85. The molecule has 0 saturated heterocycles. The van der Waals surface area contributed by atoms with Gasteiger partial charge in [-0.3, -0.25) is 5.73 Å². The maximum absolute atomic E-state index is 12.3. The third kappa shape index (κ3) is 1.13. The topological polar surface area (TPSA) is 23.8 Å². The highest BCUT2D eigenvalue weighted by Crippen LogP contribution is 2.21. The van der Waals surface area contributed by atoms with E-state index in [1.54, 1.807) is 0 Å². The minimum Gasteiger partial charge on any atom is -0.299 e. The molecule has 0 fully saturated rings. The van der Waals surface area contributed by atoms with Crippen LogP contribution in [-0.4, -0.2) is 0 Å². The van der Waals surface area contributed by atoms with Gasteiger partial charge in [-0.25, -0.2) is 4.39 Å². The number of benzene rings is 1. The lowest BCUT2D eigenvalue weighted by atomic mass is 10.3. The van der Waals surface area contributed by atoms with Crippen LogP contribution in [0.1, 0.15) is 0 Å². The van der Waals surface area contributed by atoms with Crippen molar-refractivity contribution in [1.82, 2.24) is 5.73 Å². The molecule has 0 unspecified atom stereocenters. The molecule has 3 heteroatoms. The van der Waals surface area contributed by atoms with Crippen LogP contribution in [0.15, 0.2) is 18.2 Å². The van der Waals surface area contributed by atoms with Gasteiger partial charge in [-0.1, -0.05) is 17.7 Å². The summed E-state index contributed by atoms with van der Waals surface area (Å²) < 4.78 is 12.3. The summed E-state index contributed by atoms with van der Waals surface area (Å²) in [6, 6.07) is 4.11. The fraction of sp³-hybridized carbons (Fsp3) is 0. The van der Waals surface area contributed by atoms with Crippen molar-refractivity contribution >= 4 is 17.3 Å². The SMILES string of the molecule is [NH]c1cccc(F)c1Cl. The molecule has 1 radical (unpaired) electrons. The second-order valence-electron chi connectivity index (χ2n) is 1.60. The van der Waals surface area contributed by atoms with Gasteiger partial charge in [0, 0.05) is 0 Å². The van der Waals surface area contributed by atoms with Crippen molar-refractivity contribution in [3.05, 3.63) is 29.0 Å². The van der Waals surface area contributed by atoms with Gasteiger partial charge in [0.15, 0.2) is 0 Å². The fourth-order valence-electron chi connectivity index (χ4n) is 0.504. The Morgan fingerprint density at radius 1 is 1.44 bits per heavy atom. The van der Waals surface area contributed by atoms with Gasteiger partial charge >= 0.3 is 0 Å². The molecule has 0 aliphatic rings. The van der Waals surface area contributed by atoms with Gasteiger partial charge in [-0.05, 0) is 12.1 Å². The maximum Gasteiger partial charge on any atom is 0.143 e. The molecule has 9 heavy (non-hydrogen) atoms. The summed E-state index contributed by atoms with van der Waals surface area (Å²) in [7, 11) is 0. The van der Waals surface area contributed by atoms with E-state index in [1.165, 1.54) is 18.2 Å². The molecule has 0 amide bonds. The second-order valence-corrected chi connectivity index (χ2v) is 1.98. The highest BCUT2D eigenvalue weighted by atomic mass is 35.5. The molecule has 0 aliphatic heterocycles. The van der Waals surface area contributed by atoms with Crippen LogP contribution in [0.2, 0.25) is 5.02 Å². The lowest BCUT2D eigenvalue weighted by Gasteiger charge is -1.93. The van der Waals surface area contributed by atoms with Gasteiger partial charge in [0.1, 0.15) is 10.8 Å². The molecular formula is C6H4ClFN. The van der Waals surface area contributed by atoms with Crippen molar-refractivity contribution in [2.45, 2.75) is 0 Å². The smallest absolute Gasteiger partial charge is 0.143 e. The quantitative estimate of drug-likeness (QED) is 0.534. The Morgan fingerprint density at radius 2 is 2.11 bits per heavy atom. The molecule has 0 spiro atoms. The van der Waals surface area contributed by atoms with E-state index in [9.17, 15) is 4.39 Å². The largest absolute Gasteiger partial charge is 0.299 e. The predicted octanol–water partition coefficient (Wildman–Crippen LogP) is 2.39. The molecule has 1 nitrogen and oxygen atoms in total. The Bertz CT molecular complexity index is 204. The highest BCUT2D eigenvalue weighted by molar-refractivity contribution is 6.32. The molecular weight excluding hydrogens is 141 g/mol. The Hall–Kier alpha value is -0.760. The van der Waals surface area contributed by atoms with Gasteiger partial charge in [-0.2, -0.15) is 0 Å². The second kappa shape index (κ2) is 2.23. The van der Waals surface area contributed by atoms with Crippen LogP contribution in [0.25, 0.3) is 0 Å². The average molecular weight is 145 g/mol. The molecule has 0 aliphatic carbocycles. The first kappa shape index (κ1) is 6.36. The van der Waals surface area contributed by atoms with Crippen LogP contribution >= 0.6 is 11.6 Å². The van der Waals surface area contributed by atoms with Gasteiger partial charge in [0.25, 0.3) is 0 Å². The first-order valence-electron chi connectivity index (χ1n) is 2.37. The van der Waals surface area contributed by atoms with Crippen molar-refractivity contribution in [2.75, 3.05) is 0 Å². The lowest BCUT2D eigenvalue weighted by molar-refractivity contribution is 0.628. The van der Waals surface area contributed by atoms with E-state index in [2.05, 4.69) is 0 Å². The first-order chi connectivity index (χ1) is 4.22. The van der Waals surface area contributed by atoms with E-state index in [-0.39, 0.29) is 10.7 Å². The van der Waals surface area contributed by atoms with Crippen LogP contribution in [-0.2, 0) is 0 Å². The van der Waals surface area contributed by atoms with E-state index in [0.29, 0.717) is 0 Å². The summed E-state index contributed by atoms with van der Waals surface area (Å²) in [5.41, 5.74) is 7.01. The third-order valence-corrected chi connectivity index (χ3v) is 1.34. The molecule has 0 atom stereocenters. The summed E-state index contributed by atoms with van der Waals surface area (Å²) in [5, 5.41) is -0.113. The summed E-state index contributed by atoms with van der Waals surface area (Å²) in [5.74, 6) is -0.538. The van der Waals surface area contributed by atoms with Crippen molar-refractivity contribution in [1.29, 1.82) is 0 Å². The summed E-state index contributed by atoms with van der Waals surface area (Å²) in [6.07, 6.45) is 0. The third-order valence-electron chi connectivity index (χ3n) is 0.952. The van der Waals surface area contributed by atoms with Gasteiger partial charge in [-0.15, -0.1) is 0 Å². The predicted molar refractivity (Wildman–Crippen MR) is 34.2 cm³/mol. The number of nitrogens with one attached hydrogen (secondary N) is 1. The lowest BCUT2D eigenvalue weighted by Crippen LogP contribution is -1.76.